The fourth-order valence-corrected chi connectivity index (χ4v) is 1.69. The molecule has 76 valence electrons. The molecule has 0 aromatic heterocycles. The summed E-state index contributed by atoms with van der Waals surface area (Å²) in [6.45, 7) is 0. The minimum Gasteiger partial charge on any atom is -0.260 e. The van der Waals surface area contributed by atoms with Crippen molar-refractivity contribution in [1.29, 1.82) is 0 Å². The van der Waals surface area contributed by atoms with E-state index in [1.54, 1.807) is 0 Å². The zero-order valence-corrected chi connectivity index (χ0v) is 8.21. The smallest absolute Gasteiger partial charge is 0.260 e. The zero-order chi connectivity index (χ0) is 10.7. The van der Waals surface area contributed by atoms with E-state index in [1.165, 1.54) is 12.3 Å². The molecule has 1 atom stereocenters. The molecule has 0 aliphatic rings. The van der Waals surface area contributed by atoms with Crippen molar-refractivity contribution in [3.63, 3.8) is 0 Å². The summed E-state index contributed by atoms with van der Waals surface area (Å²) in [4.78, 5) is 9.68. The number of halogens is 1. The van der Waals surface area contributed by atoms with Crippen LogP contribution in [0.5, 0.6) is 0 Å². The molecule has 4 nitrogen and oxygen atoms in total. The van der Waals surface area contributed by atoms with Gasteiger partial charge >= 0.3 is 0 Å². The molecule has 0 unspecified atom stereocenters. The maximum absolute atomic E-state index is 12.8. The van der Waals surface area contributed by atoms with Crippen LogP contribution in [0.4, 0.5) is 10.1 Å². The van der Waals surface area contributed by atoms with E-state index in [0.717, 1.165) is 12.1 Å². The van der Waals surface area contributed by atoms with Gasteiger partial charge in [-0.05, 0) is 11.6 Å². The molecule has 0 bridgehead atoms. The second-order valence-electron chi connectivity index (χ2n) is 2.79. The van der Waals surface area contributed by atoms with Gasteiger partial charge in [-0.1, -0.05) is 0 Å². The zero-order valence-electron chi connectivity index (χ0n) is 7.40. The minimum atomic E-state index is -1.14. The Kier molecular flexibility index (Phi) is 3.29. The molecule has 0 aliphatic carbocycles. The fourth-order valence-electron chi connectivity index (χ4n) is 1.06. The van der Waals surface area contributed by atoms with Gasteiger partial charge in [-0.25, -0.2) is 4.39 Å². The van der Waals surface area contributed by atoms with Gasteiger partial charge in [0.1, 0.15) is 5.82 Å². The van der Waals surface area contributed by atoms with Gasteiger partial charge < -0.3 is 0 Å². The van der Waals surface area contributed by atoms with Crippen LogP contribution in [0.25, 0.3) is 0 Å². The largest absolute Gasteiger partial charge is 0.272 e. The third-order valence-electron chi connectivity index (χ3n) is 1.52. The van der Waals surface area contributed by atoms with Gasteiger partial charge in [-0.2, -0.15) is 0 Å². The van der Waals surface area contributed by atoms with Gasteiger partial charge in [-0.15, -0.1) is 0 Å². The summed E-state index contributed by atoms with van der Waals surface area (Å²) in [7, 11) is -1.14. The van der Waals surface area contributed by atoms with Gasteiger partial charge in [0.25, 0.3) is 5.69 Å². The number of nitro benzene ring substituents is 1. The second-order valence-corrected chi connectivity index (χ2v) is 4.23. The average Bonchev–Trinajstić information content (AvgIpc) is 2.01. The Morgan fingerprint density at radius 3 is 2.64 bits per heavy atom. The summed E-state index contributed by atoms with van der Waals surface area (Å²) >= 11 is 0. The summed E-state index contributed by atoms with van der Waals surface area (Å²) in [5.74, 6) is -0.557. The van der Waals surface area contributed by atoms with Gasteiger partial charge in [-0.3, -0.25) is 14.3 Å². The van der Waals surface area contributed by atoms with Crippen LogP contribution >= 0.6 is 0 Å². The monoisotopic (exact) mass is 217 g/mol. The Balaban J connectivity index is 3.07. The molecule has 0 amide bonds. The number of rotatable bonds is 3. The quantitative estimate of drug-likeness (QED) is 0.570. The van der Waals surface area contributed by atoms with Gasteiger partial charge in [0.05, 0.1) is 11.0 Å². The minimum absolute atomic E-state index is 0.124. The lowest BCUT2D eigenvalue weighted by Crippen LogP contribution is -1.96. The topological polar surface area (TPSA) is 60.2 Å². The van der Waals surface area contributed by atoms with Crippen molar-refractivity contribution in [1.82, 2.24) is 0 Å². The third kappa shape index (κ3) is 2.88. The molecule has 1 rings (SSSR count). The standard InChI is InChI=1S/C8H8FNO3S/c1-14(13)5-6-2-7(9)4-8(3-6)10(11)12/h2-4H,5H2,1H3/t14-/m1/s1. The van der Waals surface area contributed by atoms with Crippen molar-refractivity contribution < 1.29 is 13.5 Å². The highest BCUT2D eigenvalue weighted by molar-refractivity contribution is 7.83. The van der Waals surface area contributed by atoms with Crippen molar-refractivity contribution in [2.75, 3.05) is 6.26 Å². The Morgan fingerprint density at radius 2 is 2.14 bits per heavy atom. The van der Waals surface area contributed by atoms with Gasteiger partial charge in [0.2, 0.25) is 0 Å². The molecule has 1 aromatic carbocycles. The molecular weight excluding hydrogens is 209 g/mol. The number of hydrogen-bond acceptors (Lipinski definition) is 3. The molecule has 0 heterocycles. The summed E-state index contributed by atoms with van der Waals surface area (Å²) < 4.78 is 23.7. The summed E-state index contributed by atoms with van der Waals surface area (Å²) in [5.41, 5.74) is 0.0583. The van der Waals surface area contributed by atoms with Crippen molar-refractivity contribution in [2.24, 2.45) is 0 Å². The van der Waals surface area contributed by atoms with E-state index >= 15 is 0 Å². The second kappa shape index (κ2) is 4.28. The highest BCUT2D eigenvalue weighted by Gasteiger charge is 2.10. The van der Waals surface area contributed by atoms with Gasteiger partial charge in [0.15, 0.2) is 0 Å². The summed E-state index contributed by atoms with van der Waals surface area (Å²) in [6, 6.07) is 3.21. The lowest BCUT2D eigenvalue weighted by atomic mass is 10.2. The van der Waals surface area contributed by atoms with E-state index in [2.05, 4.69) is 0 Å². The number of benzene rings is 1. The maximum Gasteiger partial charge on any atom is 0.272 e. The Labute approximate surface area is 82.4 Å². The van der Waals surface area contributed by atoms with E-state index in [0.29, 0.717) is 5.56 Å². The van der Waals surface area contributed by atoms with Crippen LogP contribution in [0.2, 0.25) is 0 Å². The van der Waals surface area contributed by atoms with Crippen molar-refractivity contribution in [3.05, 3.63) is 39.7 Å². The van der Waals surface area contributed by atoms with Crippen LogP contribution in [0.3, 0.4) is 0 Å². The fraction of sp³-hybridized carbons (Fsp3) is 0.250. The van der Waals surface area contributed by atoms with E-state index in [9.17, 15) is 18.7 Å². The van der Waals surface area contributed by atoms with Crippen LogP contribution in [-0.4, -0.2) is 15.4 Å². The molecule has 1 aromatic rings. The molecule has 0 aliphatic heterocycles. The molecule has 0 fully saturated rings. The molecule has 14 heavy (non-hydrogen) atoms. The Morgan fingerprint density at radius 1 is 1.50 bits per heavy atom. The predicted octanol–water partition coefficient (Wildman–Crippen LogP) is 1.61. The highest BCUT2D eigenvalue weighted by atomic mass is 32.2. The van der Waals surface area contributed by atoms with E-state index in [1.807, 2.05) is 0 Å². The van der Waals surface area contributed by atoms with E-state index in [4.69, 9.17) is 0 Å². The van der Waals surface area contributed by atoms with Crippen molar-refractivity contribution in [2.45, 2.75) is 5.75 Å². The third-order valence-corrected chi connectivity index (χ3v) is 2.26. The van der Waals surface area contributed by atoms with Crippen LogP contribution < -0.4 is 0 Å². The van der Waals surface area contributed by atoms with Gasteiger partial charge in [0, 0.05) is 28.9 Å². The molecule has 0 saturated carbocycles. The van der Waals surface area contributed by atoms with Crippen LogP contribution in [-0.2, 0) is 16.6 Å². The molecule has 0 saturated heterocycles. The first-order chi connectivity index (χ1) is 6.49. The Hall–Kier alpha value is -1.30. The number of nitro groups is 1. The van der Waals surface area contributed by atoms with Crippen LogP contribution in [0.15, 0.2) is 18.2 Å². The number of non-ortho nitro benzene ring substituents is 1. The first-order valence-electron chi connectivity index (χ1n) is 3.73. The molecule has 0 radical (unpaired) electrons. The highest BCUT2D eigenvalue weighted by Crippen LogP contribution is 2.17. The average molecular weight is 217 g/mol. The number of hydrogen-bond donors (Lipinski definition) is 0. The van der Waals surface area contributed by atoms with E-state index in [-0.39, 0.29) is 11.4 Å². The Bertz CT molecular complexity index is 394. The maximum atomic E-state index is 12.8. The lowest BCUT2D eigenvalue weighted by molar-refractivity contribution is -0.385. The molecule has 6 heteroatoms. The van der Waals surface area contributed by atoms with Crippen molar-refractivity contribution in [3.8, 4) is 0 Å². The van der Waals surface area contributed by atoms with Crippen LogP contribution in [0, 0.1) is 15.9 Å². The molecule has 0 spiro atoms. The summed E-state index contributed by atoms with van der Waals surface area (Å²) in [5, 5.41) is 10.4. The van der Waals surface area contributed by atoms with Crippen molar-refractivity contribution >= 4 is 16.5 Å². The predicted molar refractivity (Wildman–Crippen MR) is 50.8 cm³/mol. The number of nitrogens with zero attached hydrogens (tertiary/aromatic N) is 1. The lowest BCUT2D eigenvalue weighted by Gasteiger charge is -1.98. The van der Waals surface area contributed by atoms with Crippen LogP contribution in [0.1, 0.15) is 5.56 Å². The SMILES string of the molecule is C[S@@](=O)Cc1cc(F)cc([N+](=O)[O-])c1. The summed E-state index contributed by atoms with van der Waals surface area (Å²) in [6.07, 6.45) is 1.46. The normalized spacial score (nSPS) is 12.4. The molecular formula is C8H8FNO3S. The first-order valence-corrected chi connectivity index (χ1v) is 5.45. The molecule has 0 N–H and O–H groups in total. The first kappa shape index (κ1) is 10.8. The van der Waals surface area contributed by atoms with E-state index < -0.39 is 21.5 Å².